The van der Waals surface area contributed by atoms with Gasteiger partial charge in [0.05, 0.1) is 6.26 Å². The predicted molar refractivity (Wildman–Crippen MR) is 90.5 cm³/mol. The molecule has 0 atom stereocenters. The fraction of sp³-hybridized carbons (Fsp3) is 0.0556. The Morgan fingerprint density at radius 1 is 1.12 bits per heavy atom. The number of rotatable bonds is 3. The molecule has 24 heavy (non-hydrogen) atoms. The van der Waals surface area contributed by atoms with Gasteiger partial charge in [0.2, 0.25) is 5.82 Å². The van der Waals surface area contributed by atoms with Crippen molar-refractivity contribution in [3.63, 3.8) is 0 Å². The zero-order valence-corrected chi connectivity index (χ0v) is 12.9. The maximum absolute atomic E-state index is 11.6. The number of pyridine rings is 1. The smallest absolute Gasteiger partial charge is 0.217 e. The molecule has 118 valence electrons. The molecule has 0 aliphatic rings. The number of fused-ring (bicyclic) bond motifs is 1. The zero-order valence-electron chi connectivity index (χ0n) is 12.9. The van der Waals surface area contributed by atoms with Gasteiger partial charge < -0.3 is 10.2 Å². The van der Waals surface area contributed by atoms with Gasteiger partial charge in [0.15, 0.2) is 17.2 Å². The summed E-state index contributed by atoms with van der Waals surface area (Å²) in [5, 5.41) is 4.37. The van der Waals surface area contributed by atoms with Crippen LogP contribution < -0.4 is 5.73 Å². The van der Waals surface area contributed by atoms with Crippen LogP contribution in [0.3, 0.4) is 0 Å². The van der Waals surface area contributed by atoms with Crippen LogP contribution in [0.15, 0.2) is 59.2 Å². The van der Waals surface area contributed by atoms with Gasteiger partial charge in [-0.1, -0.05) is 18.2 Å². The molecular formula is C18H14N4O2. The van der Waals surface area contributed by atoms with E-state index < -0.39 is 0 Å². The van der Waals surface area contributed by atoms with Crippen LogP contribution in [0.4, 0.5) is 5.82 Å². The summed E-state index contributed by atoms with van der Waals surface area (Å²) < 4.78 is 6.89. The summed E-state index contributed by atoms with van der Waals surface area (Å²) in [5.41, 5.74) is 9.17. The quantitative estimate of drug-likeness (QED) is 0.585. The fourth-order valence-corrected chi connectivity index (χ4v) is 2.60. The summed E-state index contributed by atoms with van der Waals surface area (Å²) in [4.78, 5) is 16.1. The standard InChI is InChI=1S/C18H14N4O2/c1-11(23)12-4-2-5-13(8-12)14-9-16(19)22-17(10-14)20-18(21-22)15-6-3-7-24-15/h2-10H,19H2,1H3. The number of nitrogen functional groups attached to an aromatic ring is 1. The SMILES string of the molecule is CC(=O)c1cccc(-c2cc(N)n3nc(-c4ccco4)nc3c2)c1. The van der Waals surface area contributed by atoms with Gasteiger partial charge in [-0.3, -0.25) is 4.79 Å². The normalized spacial score (nSPS) is 11.0. The third-order valence-electron chi connectivity index (χ3n) is 3.81. The van der Waals surface area contributed by atoms with Crippen LogP contribution in [0.5, 0.6) is 0 Å². The van der Waals surface area contributed by atoms with Gasteiger partial charge in [-0.15, -0.1) is 5.10 Å². The number of furan rings is 1. The second-order valence-corrected chi connectivity index (χ2v) is 5.49. The van der Waals surface area contributed by atoms with E-state index in [2.05, 4.69) is 10.1 Å². The zero-order chi connectivity index (χ0) is 16.7. The topological polar surface area (TPSA) is 86.4 Å². The molecule has 4 aromatic rings. The lowest BCUT2D eigenvalue weighted by atomic mass is 10.0. The Hall–Kier alpha value is -3.41. The Morgan fingerprint density at radius 2 is 2.00 bits per heavy atom. The van der Waals surface area contributed by atoms with E-state index >= 15 is 0 Å². The van der Waals surface area contributed by atoms with Gasteiger partial charge in [0.1, 0.15) is 5.82 Å². The van der Waals surface area contributed by atoms with Gasteiger partial charge in [0.25, 0.3) is 0 Å². The number of carbonyl (C=O) groups excluding carboxylic acids is 1. The van der Waals surface area contributed by atoms with Crippen LogP contribution in [0.25, 0.3) is 28.4 Å². The molecule has 0 unspecified atom stereocenters. The van der Waals surface area contributed by atoms with Crippen molar-refractivity contribution < 1.29 is 9.21 Å². The molecular weight excluding hydrogens is 304 g/mol. The number of anilines is 1. The minimum Gasteiger partial charge on any atom is -0.461 e. The summed E-state index contributed by atoms with van der Waals surface area (Å²) >= 11 is 0. The highest BCUT2D eigenvalue weighted by Gasteiger charge is 2.12. The number of benzene rings is 1. The lowest BCUT2D eigenvalue weighted by Gasteiger charge is -2.06. The van der Waals surface area contributed by atoms with Crippen LogP contribution in [-0.4, -0.2) is 20.4 Å². The highest BCUT2D eigenvalue weighted by atomic mass is 16.3. The number of Topliss-reactive ketones (excluding diaryl/α,β-unsaturated/α-hetero) is 1. The van der Waals surface area contributed by atoms with Crippen molar-refractivity contribution in [2.45, 2.75) is 6.92 Å². The first-order chi connectivity index (χ1) is 11.6. The van der Waals surface area contributed by atoms with E-state index in [0.717, 1.165) is 11.1 Å². The minimum atomic E-state index is 0.0217. The summed E-state index contributed by atoms with van der Waals surface area (Å²) in [6.07, 6.45) is 1.57. The molecule has 4 rings (SSSR count). The number of ketones is 1. The van der Waals surface area contributed by atoms with Crippen LogP contribution >= 0.6 is 0 Å². The average Bonchev–Trinajstić information content (AvgIpc) is 3.24. The number of nitrogens with two attached hydrogens (primary N) is 1. The molecule has 2 N–H and O–H groups in total. The van der Waals surface area contributed by atoms with Crippen molar-refractivity contribution in [3.8, 4) is 22.7 Å². The third kappa shape index (κ3) is 2.34. The largest absolute Gasteiger partial charge is 0.461 e. The number of hydrogen-bond acceptors (Lipinski definition) is 5. The Morgan fingerprint density at radius 3 is 2.75 bits per heavy atom. The summed E-state index contributed by atoms with van der Waals surface area (Å²) in [6.45, 7) is 1.55. The van der Waals surface area contributed by atoms with E-state index in [9.17, 15) is 4.79 Å². The molecule has 0 saturated carbocycles. The predicted octanol–water partition coefficient (Wildman–Crippen LogP) is 3.44. The Balaban J connectivity index is 1.86. The molecule has 0 amide bonds. The van der Waals surface area contributed by atoms with Crippen LogP contribution in [-0.2, 0) is 0 Å². The van der Waals surface area contributed by atoms with Gasteiger partial charge in [0, 0.05) is 5.56 Å². The van der Waals surface area contributed by atoms with Gasteiger partial charge >= 0.3 is 0 Å². The molecule has 0 aliphatic carbocycles. The van der Waals surface area contributed by atoms with Crippen LogP contribution in [0.2, 0.25) is 0 Å². The molecule has 6 heteroatoms. The second kappa shape index (κ2) is 5.34. The fourth-order valence-electron chi connectivity index (χ4n) is 2.60. The number of aromatic nitrogens is 3. The molecule has 3 heterocycles. The molecule has 1 aromatic carbocycles. The maximum atomic E-state index is 11.6. The van der Waals surface area contributed by atoms with Gasteiger partial charge in [-0.05, 0) is 48.4 Å². The van der Waals surface area contributed by atoms with Crippen molar-refractivity contribution >= 4 is 17.2 Å². The molecule has 0 radical (unpaired) electrons. The molecule has 0 fully saturated rings. The van der Waals surface area contributed by atoms with Crippen molar-refractivity contribution in [2.24, 2.45) is 0 Å². The molecule has 0 spiro atoms. The molecule has 0 aliphatic heterocycles. The van der Waals surface area contributed by atoms with E-state index in [-0.39, 0.29) is 5.78 Å². The van der Waals surface area contributed by atoms with Crippen molar-refractivity contribution in [2.75, 3.05) is 5.73 Å². The first-order valence-corrected chi connectivity index (χ1v) is 7.43. The lowest BCUT2D eigenvalue weighted by Crippen LogP contribution is -1.99. The highest BCUT2D eigenvalue weighted by molar-refractivity contribution is 5.95. The van der Waals surface area contributed by atoms with E-state index in [0.29, 0.717) is 28.6 Å². The number of hydrogen-bond donors (Lipinski definition) is 1. The van der Waals surface area contributed by atoms with E-state index in [1.807, 2.05) is 30.3 Å². The molecule has 6 nitrogen and oxygen atoms in total. The Kier molecular flexibility index (Phi) is 3.16. The third-order valence-corrected chi connectivity index (χ3v) is 3.81. The maximum Gasteiger partial charge on any atom is 0.217 e. The first kappa shape index (κ1) is 14.2. The minimum absolute atomic E-state index is 0.0217. The molecule has 0 bridgehead atoms. The van der Waals surface area contributed by atoms with Crippen molar-refractivity contribution in [3.05, 3.63) is 60.4 Å². The monoisotopic (exact) mass is 318 g/mol. The second-order valence-electron chi connectivity index (χ2n) is 5.49. The van der Waals surface area contributed by atoms with Crippen molar-refractivity contribution in [1.29, 1.82) is 0 Å². The molecule has 0 saturated heterocycles. The summed E-state index contributed by atoms with van der Waals surface area (Å²) in [5.74, 6) is 1.54. The van der Waals surface area contributed by atoms with Gasteiger partial charge in [-0.25, -0.2) is 4.98 Å². The van der Waals surface area contributed by atoms with Crippen LogP contribution in [0.1, 0.15) is 17.3 Å². The number of carbonyl (C=O) groups is 1. The lowest BCUT2D eigenvalue weighted by molar-refractivity contribution is 0.101. The summed E-state index contributed by atoms with van der Waals surface area (Å²) in [7, 11) is 0. The molecule has 3 aromatic heterocycles. The van der Waals surface area contributed by atoms with Crippen LogP contribution in [0, 0.1) is 0 Å². The number of nitrogens with zero attached hydrogens (tertiary/aromatic N) is 3. The Labute approximate surface area is 137 Å². The first-order valence-electron chi connectivity index (χ1n) is 7.43. The van der Waals surface area contributed by atoms with E-state index in [1.165, 1.54) is 0 Å². The van der Waals surface area contributed by atoms with Gasteiger partial charge in [-0.2, -0.15) is 4.52 Å². The van der Waals surface area contributed by atoms with E-state index in [1.54, 1.807) is 35.9 Å². The summed E-state index contributed by atoms with van der Waals surface area (Å²) in [6, 6.07) is 14.7. The average molecular weight is 318 g/mol. The highest BCUT2D eigenvalue weighted by Crippen LogP contribution is 2.26. The Bertz CT molecular complexity index is 1050. The van der Waals surface area contributed by atoms with E-state index in [4.69, 9.17) is 10.2 Å². The van der Waals surface area contributed by atoms with Crippen molar-refractivity contribution in [1.82, 2.24) is 14.6 Å².